The van der Waals surface area contributed by atoms with Crippen molar-refractivity contribution in [3.05, 3.63) is 23.9 Å². The van der Waals surface area contributed by atoms with Crippen molar-refractivity contribution < 1.29 is 8.42 Å². The molecule has 0 aliphatic carbocycles. The molecule has 0 amide bonds. The fraction of sp³-hybridized carbons (Fsp3) is 0.500. The van der Waals surface area contributed by atoms with Gasteiger partial charge in [-0.3, -0.25) is 5.10 Å². The van der Waals surface area contributed by atoms with Crippen LogP contribution in [0, 0.1) is 13.8 Å². The monoisotopic (exact) mass is 390 g/mol. The van der Waals surface area contributed by atoms with Crippen molar-refractivity contribution in [1.29, 1.82) is 0 Å². The van der Waals surface area contributed by atoms with E-state index in [1.54, 1.807) is 24.7 Å². The van der Waals surface area contributed by atoms with Crippen LogP contribution in [0.25, 0.3) is 11.0 Å². The molecule has 0 unspecified atom stereocenters. The van der Waals surface area contributed by atoms with E-state index in [1.165, 1.54) is 6.33 Å². The molecule has 3 aromatic rings. The number of nitrogens with zero attached hydrogens (tertiary/aromatic N) is 6. The van der Waals surface area contributed by atoms with Crippen LogP contribution in [0.5, 0.6) is 0 Å². The van der Waals surface area contributed by atoms with Crippen molar-refractivity contribution >= 4 is 26.9 Å². The Morgan fingerprint density at radius 3 is 2.70 bits per heavy atom. The molecule has 1 saturated heterocycles. The van der Waals surface area contributed by atoms with E-state index in [2.05, 4.69) is 34.9 Å². The summed E-state index contributed by atoms with van der Waals surface area (Å²) in [4.78, 5) is 11.2. The molecule has 3 aromatic heterocycles. The Hall–Kier alpha value is -2.53. The highest BCUT2D eigenvalue weighted by atomic mass is 32.2. The number of hydrogen-bond donors (Lipinski definition) is 2. The summed E-state index contributed by atoms with van der Waals surface area (Å²) in [5.74, 6) is 0.897. The van der Waals surface area contributed by atoms with E-state index in [9.17, 15) is 8.42 Å². The first-order valence-corrected chi connectivity index (χ1v) is 10.4. The van der Waals surface area contributed by atoms with Crippen LogP contribution in [0.1, 0.15) is 24.2 Å². The van der Waals surface area contributed by atoms with Crippen LogP contribution in [-0.4, -0.2) is 58.0 Å². The molecule has 0 spiro atoms. The molecule has 2 N–H and O–H groups in total. The number of hydrogen-bond acceptors (Lipinski definition) is 7. The molecular formula is C16H22N8O2S. The second-order valence-electron chi connectivity index (χ2n) is 6.66. The first kappa shape index (κ1) is 17.9. The largest absolute Gasteiger partial charge is 0.356 e. The number of aromatic amines is 1. The smallest absolute Gasteiger partial charge is 0.244 e. The van der Waals surface area contributed by atoms with Gasteiger partial charge in [0.1, 0.15) is 17.0 Å². The lowest BCUT2D eigenvalue weighted by molar-refractivity contribution is 0.563. The molecular weight excluding hydrogens is 368 g/mol. The molecule has 4 rings (SSSR count). The topological polar surface area (TPSA) is 122 Å². The summed E-state index contributed by atoms with van der Waals surface area (Å²) in [6.45, 7) is 5.89. The average molecular weight is 390 g/mol. The summed E-state index contributed by atoms with van der Waals surface area (Å²) in [5, 5.41) is 11.9. The molecule has 1 fully saturated rings. The number of aromatic nitrogens is 6. The summed E-state index contributed by atoms with van der Waals surface area (Å²) in [6.07, 6.45) is 5.61. The maximum Gasteiger partial charge on any atom is 0.244 e. The maximum absolute atomic E-state index is 12.5. The van der Waals surface area contributed by atoms with Gasteiger partial charge in [0, 0.05) is 19.6 Å². The van der Waals surface area contributed by atoms with Crippen molar-refractivity contribution in [1.82, 2.24) is 34.7 Å². The summed E-state index contributed by atoms with van der Waals surface area (Å²) in [5.41, 5.74) is 1.68. The number of aryl methyl sites for hydroxylation is 2. The van der Waals surface area contributed by atoms with Gasteiger partial charge in [0.05, 0.1) is 29.5 Å². The van der Waals surface area contributed by atoms with Gasteiger partial charge in [0.2, 0.25) is 10.0 Å². The van der Waals surface area contributed by atoms with E-state index >= 15 is 0 Å². The summed E-state index contributed by atoms with van der Waals surface area (Å²) >= 11 is 0. The van der Waals surface area contributed by atoms with Crippen LogP contribution in [0.2, 0.25) is 0 Å². The number of rotatable bonds is 6. The first-order valence-electron chi connectivity index (χ1n) is 8.90. The number of fused-ring (bicyclic) bond motifs is 1. The van der Waals surface area contributed by atoms with Crippen LogP contribution in [0.15, 0.2) is 17.4 Å². The molecule has 0 atom stereocenters. The third kappa shape index (κ3) is 3.28. The standard InChI is InChI=1S/C16H22N8O2S/c1-11-14(12(2)22-21-11)27(25,26)20-5-8-24-16-13(9-19-24)15(17-10-18-16)23-6-3-4-7-23/h9-10,20H,3-8H2,1-2H3,(H,21,22). The van der Waals surface area contributed by atoms with Gasteiger partial charge >= 0.3 is 0 Å². The van der Waals surface area contributed by atoms with E-state index in [1.807, 2.05) is 0 Å². The maximum atomic E-state index is 12.5. The van der Waals surface area contributed by atoms with Crippen LogP contribution >= 0.6 is 0 Å². The predicted octanol–water partition coefficient (Wildman–Crippen LogP) is 0.745. The third-order valence-electron chi connectivity index (χ3n) is 4.76. The first-order chi connectivity index (χ1) is 13.0. The molecule has 0 radical (unpaired) electrons. The van der Waals surface area contributed by atoms with Gasteiger partial charge in [0.15, 0.2) is 5.65 Å². The minimum atomic E-state index is -3.63. The van der Waals surface area contributed by atoms with Crippen molar-refractivity contribution in [2.45, 2.75) is 38.1 Å². The Morgan fingerprint density at radius 2 is 2.00 bits per heavy atom. The molecule has 1 aliphatic rings. The molecule has 0 aromatic carbocycles. The fourth-order valence-electron chi connectivity index (χ4n) is 3.52. The van der Waals surface area contributed by atoms with Gasteiger partial charge in [-0.2, -0.15) is 10.2 Å². The zero-order valence-electron chi connectivity index (χ0n) is 15.3. The van der Waals surface area contributed by atoms with E-state index < -0.39 is 10.0 Å². The van der Waals surface area contributed by atoms with Gasteiger partial charge < -0.3 is 4.90 Å². The van der Waals surface area contributed by atoms with Gasteiger partial charge in [-0.05, 0) is 26.7 Å². The zero-order chi connectivity index (χ0) is 19.0. The predicted molar refractivity (Wildman–Crippen MR) is 100 cm³/mol. The Morgan fingerprint density at radius 1 is 1.22 bits per heavy atom. The van der Waals surface area contributed by atoms with Crippen LogP contribution in [0.4, 0.5) is 5.82 Å². The number of sulfonamides is 1. The highest BCUT2D eigenvalue weighted by Crippen LogP contribution is 2.25. The quantitative estimate of drug-likeness (QED) is 0.637. The molecule has 11 heteroatoms. The van der Waals surface area contributed by atoms with Crippen LogP contribution < -0.4 is 9.62 Å². The van der Waals surface area contributed by atoms with E-state index in [0.29, 0.717) is 23.6 Å². The molecule has 4 heterocycles. The number of nitrogens with one attached hydrogen (secondary N) is 2. The number of H-pyrrole nitrogens is 1. The highest BCUT2D eigenvalue weighted by Gasteiger charge is 2.22. The lowest BCUT2D eigenvalue weighted by atomic mass is 10.3. The molecule has 144 valence electrons. The van der Waals surface area contributed by atoms with Crippen LogP contribution in [0.3, 0.4) is 0 Å². The average Bonchev–Trinajstić information content (AvgIpc) is 3.35. The molecule has 1 aliphatic heterocycles. The molecule has 0 saturated carbocycles. The Bertz CT molecular complexity index is 1050. The van der Waals surface area contributed by atoms with Gasteiger partial charge in [-0.1, -0.05) is 0 Å². The normalized spacial score (nSPS) is 15.1. The van der Waals surface area contributed by atoms with Crippen molar-refractivity contribution in [3.8, 4) is 0 Å². The van der Waals surface area contributed by atoms with Crippen molar-refractivity contribution in [3.63, 3.8) is 0 Å². The van der Waals surface area contributed by atoms with Gasteiger partial charge in [-0.25, -0.2) is 27.8 Å². The second-order valence-corrected chi connectivity index (χ2v) is 8.36. The summed E-state index contributed by atoms with van der Waals surface area (Å²) in [7, 11) is -3.63. The number of anilines is 1. The Labute approximate surface area is 157 Å². The van der Waals surface area contributed by atoms with Crippen molar-refractivity contribution in [2.75, 3.05) is 24.5 Å². The Kier molecular flexibility index (Phi) is 4.56. The Balaban J connectivity index is 1.51. The lowest BCUT2D eigenvalue weighted by Crippen LogP contribution is -2.28. The summed E-state index contributed by atoms with van der Waals surface area (Å²) < 4.78 is 29.4. The van der Waals surface area contributed by atoms with Gasteiger partial charge in [-0.15, -0.1) is 0 Å². The van der Waals surface area contributed by atoms with E-state index in [-0.39, 0.29) is 11.4 Å². The van der Waals surface area contributed by atoms with Crippen LogP contribution in [-0.2, 0) is 16.6 Å². The second kappa shape index (κ2) is 6.89. The highest BCUT2D eigenvalue weighted by molar-refractivity contribution is 7.89. The minimum Gasteiger partial charge on any atom is -0.356 e. The van der Waals surface area contributed by atoms with E-state index in [0.717, 1.165) is 37.1 Å². The molecule has 0 bridgehead atoms. The molecule has 27 heavy (non-hydrogen) atoms. The zero-order valence-corrected chi connectivity index (χ0v) is 16.1. The fourth-order valence-corrected chi connectivity index (χ4v) is 4.91. The minimum absolute atomic E-state index is 0.200. The molecule has 10 nitrogen and oxygen atoms in total. The summed E-state index contributed by atoms with van der Waals surface area (Å²) in [6, 6.07) is 0. The third-order valence-corrected chi connectivity index (χ3v) is 6.49. The van der Waals surface area contributed by atoms with E-state index in [4.69, 9.17) is 0 Å². The van der Waals surface area contributed by atoms with Gasteiger partial charge in [0.25, 0.3) is 0 Å². The lowest BCUT2D eigenvalue weighted by Gasteiger charge is -2.16. The SMILES string of the molecule is Cc1n[nH]c(C)c1S(=O)(=O)NCCn1ncc2c(N3CCCC3)ncnc21. The van der Waals surface area contributed by atoms with Crippen molar-refractivity contribution in [2.24, 2.45) is 0 Å².